The van der Waals surface area contributed by atoms with E-state index in [1.54, 1.807) is 6.92 Å². The third-order valence-corrected chi connectivity index (χ3v) is 3.92. The number of pyridine rings is 1. The summed E-state index contributed by atoms with van der Waals surface area (Å²) in [6.07, 6.45) is 3.57. The van der Waals surface area contributed by atoms with Gasteiger partial charge >= 0.3 is 5.97 Å². The molecule has 1 aromatic carbocycles. The molecule has 0 radical (unpaired) electrons. The molecule has 0 bridgehead atoms. The highest BCUT2D eigenvalue weighted by Crippen LogP contribution is 2.26. The van der Waals surface area contributed by atoms with Crippen LogP contribution < -0.4 is 10.5 Å². The molecular weight excluding hydrogens is 412 g/mol. The van der Waals surface area contributed by atoms with E-state index < -0.39 is 5.91 Å². The summed E-state index contributed by atoms with van der Waals surface area (Å²) >= 11 is 0. The lowest BCUT2D eigenvalue weighted by atomic mass is 10.2. The first kappa shape index (κ1) is 28.9. The highest BCUT2D eigenvalue weighted by molar-refractivity contribution is 5.94. The molecule has 1 atom stereocenters. The molecule has 8 nitrogen and oxygen atoms in total. The Kier molecular flexibility index (Phi) is 15.8. The minimum atomic E-state index is -0.786. The second-order valence-electron chi connectivity index (χ2n) is 6.78. The number of nitrogens with zero attached hydrogens (tertiary/aromatic N) is 1. The molecule has 0 fully saturated rings. The van der Waals surface area contributed by atoms with Gasteiger partial charge in [0.25, 0.3) is 5.91 Å². The van der Waals surface area contributed by atoms with Gasteiger partial charge < -0.3 is 25.1 Å². The molecule has 8 heteroatoms. The number of ether oxygens (including phenoxy) is 3. The molecule has 2 rings (SSSR count). The summed E-state index contributed by atoms with van der Waals surface area (Å²) in [5.74, 6) is -1.07. The number of methoxy groups -OCH3 is 1. The topological polar surface area (TPSA) is 121 Å². The van der Waals surface area contributed by atoms with E-state index in [4.69, 9.17) is 19.9 Å². The van der Waals surface area contributed by atoms with Crippen molar-refractivity contribution in [2.75, 3.05) is 20.3 Å². The third kappa shape index (κ3) is 13.2. The van der Waals surface area contributed by atoms with Gasteiger partial charge in [-0.25, -0.2) is 4.98 Å². The van der Waals surface area contributed by atoms with Gasteiger partial charge in [0.15, 0.2) is 17.2 Å². The molecule has 0 aliphatic rings. The second kappa shape index (κ2) is 17.5. The van der Waals surface area contributed by atoms with Crippen LogP contribution >= 0.6 is 0 Å². The van der Waals surface area contributed by atoms with Gasteiger partial charge in [-0.2, -0.15) is 0 Å². The SMILES string of the molecule is CCCOCCC(C)OC(=O)CC.COc1ccnc(C(N)=O)c1O.Cc1ccccc1. The number of amides is 1. The Morgan fingerprint density at radius 1 is 1.12 bits per heavy atom. The number of benzene rings is 1. The van der Waals surface area contributed by atoms with Crippen molar-refractivity contribution >= 4 is 11.9 Å². The maximum Gasteiger partial charge on any atom is 0.305 e. The van der Waals surface area contributed by atoms with Crippen LogP contribution in [-0.4, -0.2) is 48.4 Å². The molecule has 1 aromatic heterocycles. The number of aromatic nitrogens is 1. The van der Waals surface area contributed by atoms with Gasteiger partial charge in [0.05, 0.1) is 13.7 Å². The molecule has 0 saturated heterocycles. The third-order valence-electron chi connectivity index (χ3n) is 3.92. The number of hydrogen-bond acceptors (Lipinski definition) is 7. The Morgan fingerprint density at radius 3 is 2.25 bits per heavy atom. The fourth-order valence-corrected chi connectivity index (χ4v) is 2.18. The molecular formula is C24H36N2O6. The fourth-order valence-electron chi connectivity index (χ4n) is 2.18. The number of rotatable bonds is 9. The lowest BCUT2D eigenvalue weighted by Crippen LogP contribution is -2.16. The molecule has 1 heterocycles. The van der Waals surface area contributed by atoms with Crippen molar-refractivity contribution in [2.45, 2.75) is 53.1 Å². The number of hydrogen-bond donors (Lipinski definition) is 2. The van der Waals surface area contributed by atoms with Gasteiger partial charge in [-0.1, -0.05) is 49.7 Å². The van der Waals surface area contributed by atoms with Gasteiger partial charge in [-0.15, -0.1) is 0 Å². The summed E-state index contributed by atoms with van der Waals surface area (Å²) in [6, 6.07) is 11.7. The molecule has 0 aliphatic carbocycles. The van der Waals surface area contributed by atoms with Crippen LogP contribution in [0.1, 0.15) is 56.1 Å². The van der Waals surface area contributed by atoms with Crippen molar-refractivity contribution in [3.63, 3.8) is 0 Å². The standard InChI is InChI=1S/C10H20O3.C7H8N2O3.C7H8/c1-4-7-12-8-6-9(3)13-10(11)5-2;1-12-4-2-3-9-5(6(4)10)7(8)11;1-7-5-3-2-4-6-7/h9H,4-8H2,1-3H3;2-3,10H,1H3,(H2,8,11);2-6H,1H3. The van der Waals surface area contributed by atoms with E-state index in [0.29, 0.717) is 13.0 Å². The average molecular weight is 449 g/mol. The molecule has 1 amide bonds. The van der Waals surface area contributed by atoms with Crippen LogP contribution in [0.3, 0.4) is 0 Å². The van der Waals surface area contributed by atoms with E-state index in [-0.39, 0.29) is 29.3 Å². The zero-order valence-corrected chi connectivity index (χ0v) is 19.7. The molecule has 1 unspecified atom stereocenters. The predicted octanol–water partition coefficient (Wildman–Crippen LogP) is 4.03. The van der Waals surface area contributed by atoms with E-state index in [2.05, 4.69) is 31.0 Å². The van der Waals surface area contributed by atoms with Crippen LogP contribution in [0.2, 0.25) is 0 Å². The Morgan fingerprint density at radius 2 is 1.78 bits per heavy atom. The minimum absolute atomic E-state index is 0.0238. The normalized spacial score (nSPS) is 10.5. The summed E-state index contributed by atoms with van der Waals surface area (Å²) in [5, 5.41) is 9.27. The molecule has 0 aliphatic heterocycles. The van der Waals surface area contributed by atoms with Crippen molar-refractivity contribution in [1.29, 1.82) is 0 Å². The van der Waals surface area contributed by atoms with Crippen LogP contribution in [-0.2, 0) is 14.3 Å². The average Bonchev–Trinajstić information content (AvgIpc) is 2.78. The molecule has 3 N–H and O–H groups in total. The highest BCUT2D eigenvalue weighted by atomic mass is 16.5. The van der Waals surface area contributed by atoms with Gasteiger partial charge in [-0.05, 0) is 20.3 Å². The van der Waals surface area contributed by atoms with Crippen molar-refractivity contribution in [2.24, 2.45) is 5.73 Å². The van der Waals surface area contributed by atoms with Crippen molar-refractivity contribution in [3.05, 3.63) is 53.9 Å². The quantitative estimate of drug-likeness (QED) is 0.439. The lowest BCUT2D eigenvalue weighted by Gasteiger charge is -2.12. The Labute approximate surface area is 190 Å². The van der Waals surface area contributed by atoms with Crippen LogP contribution in [0.5, 0.6) is 11.5 Å². The smallest absolute Gasteiger partial charge is 0.305 e. The largest absolute Gasteiger partial charge is 0.503 e. The first-order valence-electron chi connectivity index (χ1n) is 10.6. The molecule has 32 heavy (non-hydrogen) atoms. The number of carbonyl (C=O) groups is 2. The van der Waals surface area contributed by atoms with Crippen LogP contribution in [0.25, 0.3) is 0 Å². The summed E-state index contributed by atoms with van der Waals surface area (Å²) in [5.41, 5.74) is 6.06. The van der Waals surface area contributed by atoms with E-state index in [1.165, 1.54) is 24.9 Å². The number of nitrogens with two attached hydrogens (primary N) is 1. The Bertz CT molecular complexity index is 783. The zero-order valence-electron chi connectivity index (χ0n) is 19.7. The first-order valence-corrected chi connectivity index (χ1v) is 10.6. The van der Waals surface area contributed by atoms with Crippen molar-refractivity contribution < 1.29 is 28.9 Å². The van der Waals surface area contributed by atoms with E-state index in [9.17, 15) is 14.7 Å². The predicted molar refractivity (Wildman–Crippen MR) is 124 cm³/mol. The number of aryl methyl sites for hydroxylation is 1. The fraction of sp³-hybridized carbons (Fsp3) is 0.458. The van der Waals surface area contributed by atoms with Crippen LogP contribution in [0, 0.1) is 6.92 Å². The van der Waals surface area contributed by atoms with Crippen LogP contribution in [0.15, 0.2) is 42.6 Å². The monoisotopic (exact) mass is 448 g/mol. The minimum Gasteiger partial charge on any atom is -0.503 e. The highest BCUT2D eigenvalue weighted by Gasteiger charge is 2.12. The number of carbonyl (C=O) groups excluding carboxylic acids is 2. The molecule has 2 aromatic rings. The van der Waals surface area contributed by atoms with E-state index in [1.807, 2.05) is 25.1 Å². The van der Waals surface area contributed by atoms with Gasteiger partial charge in [0.1, 0.15) is 6.10 Å². The molecule has 0 spiro atoms. The van der Waals surface area contributed by atoms with E-state index >= 15 is 0 Å². The van der Waals surface area contributed by atoms with Crippen LogP contribution in [0.4, 0.5) is 0 Å². The zero-order chi connectivity index (χ0) is 24.4. The Hall–Kier alpha value is -3.13. The second-order valence-corrected chi connectivity index (χ2v) is 6.78. The number of primary amides is 1. The van der Waals surface area contributed by atoms with E-state index in [0.717, 1.165) is 19.4 Å². The Balaban J connectivity index is 0.000000469. The van der Waals surface area contributed by atoms with Gasteiger partial charge in [0.2, 0.25) is 0 Å². The maximum atomic E-state index is 10.8. The summed E-state index contributed by atoms with van der Waals surface area (Å²) in [7, 11) is 1.37. The van der Waals surface area contributed by atoms with Gasteiger partial charge in [-0.3, -0.25) is 9.59 Å². The molecule has 0 saturated carbocycles. The van der Waals surface area contributed by atoms with Gasteiger partial charge in [0, 0.05) is 31.7 Å². The summed E-state index contributed by atoms with van der Waals surface area (Å²) < 4.78 is 15.1. The number of aromatic hydroxyl groups is 1. The van der Waals surface area contributed by atoms with Crippen molar-refractivity contribution in [1.82, 2.24) is 4.98 Å². The van der Waals surface area contributed by atoms with Crippen molar-refractivity contribution in [3.8, 4) is 11.5 Å². The first-order chi connectivity index (χ1) is 15.3. The number of esters is 1. The molecule has 178 valence electrons. The summed E-state index contributed by atoms with van der Waals surface area (Å²) in [6.45, 7) is 9.30. The maximum absolute atomic E-state index is 10.8. The summed E-state index contributed by atoms with van der Waals surface area (Å²) in [4.78, 5) is 25.1. The lowest BCUT2D eigenvalue weighted by molar-refractivity contribution is -0.148.